The highest BCUT2D eigenvalue weighted by Crippen LogP contribution is 2.44. The fourth-order valence-corrected chi connectivity index (χ4v) is 6.01. The largest absolute Gasteiger partial charge is 0.390 e. The third-order valence-electron chi connectivity index (χ3n) is 4.74. The van der Waals surface area contributed by atoms with Crippen LogP contribution in [-0.2, 0) is 9.84 Å². The van der Waals surface area contributed by atoms with Crippen molar-refractivity contribution < 1.29 is 13.5 Å². The molecule has 2 bridgehead atoms. The lowest BCUT2D eigenvalue weighted by atomic mass is 9.90. The van der Waals surface area contributed by atoms with Crippen molar-refractivity contribution in [1.82, 2.24) is 4.90 Å². The molecule has 0 spiro atoms. The van der Waals surface area contributed by atoms with E-state index in [1.54, 1.807) is 0 Å². The predicted octanol–water partition coefficient (Wildman–Crippen LogP) is 1.19. The minimum absolute atomic E-state index is 0.280. The van der Waals surface area contributed by atoms with Crippen molar-refractivity contribution in [1.29, 1.82) is 0 Å². The first-order valence-electron chi connectivity index (χ1n) is 7.08. The maximum atomic E-state index is 12.0. The summed E-state index contributed by atoms with van der Waals surface area (Å²) in [7, 11) is -2.92. The van der Waals surface area contributed by atoms with E-state index in [-0.39, 0.29) is 10.5 Å². The molecular weight excluding hydrogens is 250 g/mol. The Morgan fingerprint density at radius 1 is 1.17 bits per heavy atom. The molecular formula is C13H25NO3S. The Balaban J connectivity index is 1.98. The summed E-state index contributed by atoms with van der Waals surface area (Å²) in [5.41, 5.74) is -0.750. The summed E-state index contributed by atoms with van der Waals surface area (Å²) < 4.78 is 24.0. The highest BCUT2D eigenvalue weighted by molar-refractivity contribution is 7.93. The summed E-state index contributed by atoms with van der Waals surface area (Å²) in [5, 5.41) is 10.1. The van der Waals surface area contributed by atoms with Crippen molar-refractivity contribution in [3.63, 3.8) is 0 Å². The molecule has 0 aromatic rings. The van der Waals surface area contributed by atoms with Crippen molar-refractivity contribution in [3.05, 3.63) is 0 Å². The molecule has 2 aliphatic rings. The third-order valence-corrected chi connectivity index (χ3v) is 7.41. The van der Waals surface area contributed by atoms with Gasteiger partial charge in [-0.05, 0) is 45.2 Å². The number of fused-ring (bicyclic) bond motifs is 2. The predicted molar refractivity (Wildman–Crippen MR) is 72.3 cm³/mol. The van der Waals surface area contributed by atoms with Gasteiger partial charge in [0.2, 0.25) is 0 Å². The van der Waals surface area contributed by atoms with E-state index in [0.717, 1.165) is 32.5 Å². The Kier molecular flexibility index (Phi) is 4.04. The van der Waals surface area contributed by atoms with Crippen LogP contribution < -0.4 is 0 Å². The normalized spacial score (nSPS) is 38.2. The van der Waals surface area contributed by atoms with Crippen LogP contribution >= 0.6 is 0 Å². The second kappa shape index (κ2) is 5.10. The van der Waals surface area contributed by atoms with Crippen LogP contribution in [0.5, 0.6) is 0 Å². The number of hydrogen-bond donors (Lipinski definition) is 1. The molecule has 0 aromatic heterocycles. The van der Waals surface area contributed by atoms with Crippen LogP contribution in [0, 0.1) is 0 Å². The monoisotopic (exact) mass is 275 g/mol. The highest BCUT2D eigenvalue weighted by Gasteiger charge is 2.52. The zero-order valence-corrected chi connectivity index (χ0v) is 12.2. The Hall–Kier alpha value is -0.130. The first-order valence-corrected chi connectivity index (χ1v) is 8.69. The fourth-order valence-electron chi connectivity index (χ4n) is 3.45. The first-order chi connectivity index (χ1) is 8.41. The molecule has 2 unspecified atom stereocenters. The maximum Gasteiger partial charge on any atom is 0.156 e. The van der Waals surface area contributed by atoms with E-state index in [1.807, 2.05) is 0 Å². The highest BCUT2D eigenvalue weighted by atomic mass is 32.2. The average Bonchev–Trinajstić information content (AvgIpc) is 2.52. The quantitative estimate of drug-likeness (QED) is 0.819. The second-order valence-electron chi connectivity index (χ2n) is 5.82. The van der Waals surface area contributed by atoms with Crippen LogP contribution in [0.15, 0.2) is 0 Å². The van der Waals surface area contributed by atoms with Crippen LogP contribution in [-0.4, -0.2) is 54.2 Å². The number of sulfone groups is 1. The summed E-state index contributed by atoms with van der Waals surface area (Å²) in [6, 6.07) is 0. The van der Waals surface area contributed by atoms with E-state index in [2.05, 4.69) is 18.7 Å². The summed E-state index contributed by atoms with van der Waals surface area (Å²) in [4.78, 5) is 2.28. The minimum Gasteiger partial charge on any atom is -0.390 e. The first kappa shape index (κ1) is 14.3. The van der Waals surface area contributed by atoms with Gasteiger partial charge in [-0.15, -0.1) is 0 Å². The van der Waals surface area contributed by atoms with Gasteiger partial charge in [-0.2, -0.15) is 0 Å². The molecule has 18 heavy (non-hydrogen) atoms. The van der Waals surface area contributed by atoms with E-state index < -0.39 is 15.4 Å². The van der Waals surface area contributed by atoms with Crippen molar-refractivity contribution in [2.75, 3.05) is 19.6 Å². The summed E-state index contributed by atoms with van der Waals surface area (Å²) in [6.45, 7) is 7.06. The molecule has 106 valence electrons. The van der Waals surface area contributed by atoms with Gasteiger partial charge in [-0.1, -0.05) is 13.8 Å². The SMILES string of the molecule is CCN(CC)CCC1(O)CC2CCC(C1)S2(=O)=O. The molecule has 0 aromatic carbocycles. The molecule has 0 saturated carbocycles. The van der Waals surface area contributed by atoms with Crippen LogP contribution in [0.1, 0.15) is 46.0 Å². The molecule has 2 aliphatic heterocycles. The Labute approximate surface area is 110 Å². The van der Waals surface area contributed by atoms with Crippen LogP contribution in [0.3, 0.4) is 0 Å². The molecule has 2 fully saturated rings. The van der Waals surface area contributed by atoms with E-state index in [1.165, 1.54) is 0 Å². The molecule has 0 amide bonds. The molecule has 0 radical (unpaired) electrons. The van der Waals surface area contributed by atoms with Crippen molar-refractivity contribution in [2.24, 2.45) is 0 Å². The Morgan fingerprint density at radius 3 is 2.11 bits per heavy atom. The minimum atomic E-state index is -2.92. The molecule has 2 rings (SSSR count). The van der Waals surface area contributed by atoms with E-state index >= 15 is 0 Å². The van der Waals surface area contributed by atoms with Crippen molar-refractivity contribution >= 4 is 9.84 Å². The lowest BCUT2D eigenvalue weighted by molar-refractivity contribution is 0.00508. The van der Waals surface area contributed by atoms with Gasteiger partial charge in [-0.3, -0.25) is 0 Å². The topological polar surface area (TPSA) is 57.6 Å². The summed E-state index contributed by atoms with van der Waals surface area (Å²) in [6.07, 6.45) is 3.11. The lowest BCUT2D eigenvalue weighted by Crippen LogP contribution is -2.46. The van der Waals surface area contributed by atoms with Gasteiger partial charge in [0.05, 0.1) is 16.1 Å². The smallest absolute Gasteiger partial charge is 0.156 e. The average molecular weight is 275 g/mol. The van der Waals surface area contributed by atoms with Gasteiger partial charge in [0.1, 0.15) is 0 Å². The molecule has 2 saturated heterocycles. The van der Waals surface area contributed by atoms with Crippen LogP contribution in [0.4, 0.5) is 0 Å². The van der Waals surface area contributed by atoms with Gasteiger partial charge in [0, 0.05) is 6.54 Å². The van der Waals surface area contributed by atoms with Crippen molar-refractivity contribution in [2.45, 2.75) is 62.1 Å². The van der Waals surface area contributed by atoms with Gasteiger partial charge < -0.3 is 10.0 Å². The third kappa shape index (κ3) is 2.58. The summed E-state index contributed by atoms with van der Waals surface area (Å²) >= 11 is 0. The number of rotatable bonds is 5. The van der Waals surface area contributed by atoms with E-state index in [4.69, 9.17) is 0 Å². The fraction of sp³-hybridized carbons (Fsp3) is 1.00. The Bertz CT molecular complexity index is 369. The Morgan fingerprint density at radius 2 is 1.67 bits per heavy atom. The number of nitrogens with zero attached hydrogens (tertiary/aromatic N) is 1. The molecule has 2 heterocycles. The standard InChI is InChI=1S/C13H25NO3S/c1-3-14(4-2)8-7-13(15)9-11-5-6-12(10-13)18(11,16)17/h11-12,15H,3-10H2,1-2H3. The molecule has 4 nitrogen and oxygen atoms in total. The summed E-state index contributed by atoms with van der Waals surface area (Å²) in [5.74, 6) is 0. The zero-order chi connectivity index (χ0) is 13.4. The van der Waals surface area contributed by atoms with Crippen LogP contribution in [0.25, 0.3) is 0 Å². The molecule has 5 heteroatoms. The molecule has 0 aliphatic carbocycles. The van der Waals surface area contributed by atoms with Crippen molar-refractivity contribution in [3.8, 4) is 0 Å². The maximum absolute atomic E-state index is 12.0. The van der Waals surface area contributed by atoms with E-state index in [0.29, 0.717) is 19.3 Å². The van der Waals surface area contributed by atoms with E-state index in [9.17, 15) is 13.5 Å². The molecule has 1 N–H and O–H groups in total. The number of aliphatic hydroxyl groups is 1. The number of hydrogen-bond acceptors (Lipinski definition) is 4. The molecule has 2 atom stereocenters. The van der Waals surface area contributed by atoms with Gasteiger partial charge >= 0.3 is 0 Å². The zero-order valence-electron chi connectivity index (χ0n) is 11.4. The second-order valence-corrected chi connectivity index (χ2v) is 8.33. The van der Waals surface area contributed by atoms with Gasteiger partial charge in [0.15, 0.2) is 9.84 Å². The lowest BCUT2D eigenvalue weighted by Gasteiger charge is -2.37. The van der Waals surface area contributed by atoms with Crippen LogP contribution in [0.2, 0.25) is 0 Å². The van der Waals surface area contributed by atoms with Gasteiger partial charge in [-0.25, -0.2) is 8.42 Å². The van der Waals surface area contributed by atoms with Gasteiger partial charge in [0.25, 0.3) is 0 Å².